The molecule has 0 spiro atoms. The fraction of sp³-hybridized carbons (Fsp3) is 0.481. The molecule has 0 radical (unpaired) electrons. The molecule has 4 rings (SSSR count). The predicted molar refractivity (Wildman–Crippen MR) is 122 cm³/mol. The number of nitrogens with two attached hydrogens (primary N) is 1. The second-order valence-electron chi connectivity index (χ2n) is 10.3. The molecule has 0 aromatic heterocycles. The second kappa shape index (κ2) is 6.79. The highest BCUT2D eigenvalue weighted by atomic mass is 14.5. The van der Waals surface area contributed by atoms with E-state index in [1.54, 1.807) is 16.7 Å². The van der Waals surface area contributed by atoms with Gasteiger partial charge in [0.05, 0.1) is 0 Å². The van der Waals surface area contributed by atoms with Crippen molar-refractivity contribution in [3.63, 3.8) is 0 Å². The van der Waals surface area contributed by atoms with Crippen LogP contribution in [0.4, 0.5) is 5.69 Å². The van der Waals surface area contributed by atoms with Gasteiger partial charge in [0.25, 0.3) is 0 Å². The van der Waals surface area contributed by atoms with Gasteiger partial charge in [-0.05, 0) is 102 Å². The van der Waals surface area contributed by atoms with Crippen LogP contribution < -0.4 is 5.73 Å². The molecule has 28 heavy (non-hydrogen) atoms. The Bertz CT molecular complexity index is 917. The maximum Gasteiger partial charge on any atom is 0.0314 e. The third-order valence-corrected chi connectivity index (χ3v) is 7.23. The minimum absolute atomic E-state index is 0.236. The maximum atomic E-state index is 5.99. The lowest BCUT2D eigenvalue weighted by Gasteiger charge is -2.42. The summed E-state index contributed by atoms with van der Waals surface area (Å²) in [5, 5.41) is 0. The normalized spacial score (nSPS) is 20.1. The van der Waals surface area contributed by atoms with Crippen molar-refractivity contribution in [3.05, 3.63) is 69.8 Å². The lowest BCUT2D eigenvalue weighted by Crippen LogP contribution is -2.34. The molecule has 0 amide bonds. The van der Waals surface area contributed by atoms with Crippen molar-refractivity contribution < 1.29 is 0 Å². The van der Waals surface area contributed by atoms with Crippen molar-refractivity contribution in [2.45, 2.75) is 84.0 Å². The summed E-state index contributed by atoms with van der Waals surface area (Å²) in [6, 6.07) is 13.6. The summed E-state index contributed by atoms with van der Waals surface area (Å²) in [6.07, 6.45) is 7.60. The molecule has 148 valence electrons. The predicted octanol–water partition coefficient (Wildman–Crippen LogP) is 7.30. The average molecular weight is 374 g/mol. The van der Waals surface area contributed by atoms with Crippen LogP contribution in [0, 0.1) is 6.92 Å². The van der Waals surface area contributed by atoms with Gasteiger partial charge >= 0.3 is 0 Å². The molecule has 1 heteroatoms. The molecule has 2 aliphatic carbocycles. The Balaban J connectivity index is 1.96. The third-order valence-electron chi connectivity index (χ3n) is 7.23. The molecular weight excluding hydrogens is 338 g/mol. The highest BCUT2D eigenvalue weighted by molar-refractivity contribution is 5.85. The molecule has 2 aromatic rings. The van der Waals surface area contributed by atoms with Gasteiger partial charge in [0.1, 0.15) is 0 Å². The van der Waals surface area contributed by atoms with Gasteiger partial charge in [0, 0.05) is 5.69 Å². The molecule has 0 bridgehead atoms. The van der Waals surface area contributed by atoms with Crippen LogP contribution in [0.2, 0.25) is 0 Å². The van der Waals surface area contributed by atoms with E-state index in [9.17, 15) is 0 Å². The largest absolute Gasteiger partial charge is 0.399 e. The standard InChI is InChI=1S/C27H35N/c1-18-16-23-24(27(4,5)15-14-26(23,2)3)17-22(18)25(19-8-6-7-9-19)20-10-12-21(28)13-11-20/h10-13,16-17H,6-9,14-15,28H2,1-5H3. The minimum Gasteiger partial charge on any atom is -0.399 e. The summed E-state index contributed by atoms with van der Waals surface area (Å²) in [5.41, 5.74) is 17.7. The number of hydrogen-bond donors (Lipinski definition) is 1. The smallest absolute Gasteiger partial charge is 0.0314 e. The first-order valence-corrected chi connectivity index (χ1v) is 10.9. The van der Waals surface area contributed by atoms with Crippen molar-refractivity contribution in [3.8, 4) is 0 Å². The molecule has 2 aromatic carbocycles. The van der Waals surface area contributed by atoms with Crippen molar-refractivity contribution in [2.75, 3.05) is 5.73 Å². The maximum absolute atomic E-state index is 5.99. The van der Waals surface area contributed by atoms with E-state index in [0.717, 1.165) is 5.69 Å². The first-order valence-electron chi connectivity index (χ1n) is 10.9. The number of allylic oxidation sites excluding steroid dienone is 1. The van der Waals surface area contributed by atoms with Crippen LogP contribution in [0.15, 0.2) is 42.0 Å². The van der Waals surface area contributed by atoms with Gasteiger partial charge in [-0.2, -0.15) is 0 Å². The molecule has 0 unspecified atom stereocenters. The third kappa shape index (κ3) is 3.30. The van der Waals surface area contributed by atoms with Crippen LogP contribution in [0.3, 0.4) is 0 Å². The molecule has 1 fully saturated rings. The molecule has 0 heterocycles. The van der Waals surface area contributed by atoms with Crippen LogP contribution >= 0.6 is 0 Å². The van der Waals surface area contributed by atoms with Gasteiger partial charge in [0.15, 0.2) is 0 Å². The molecule has 0 atom stereocenters. The van der Waals surface area contributed by atoms with Crippen LogP contribution in [0.5, 0.6) is 0 Å². The van der Waals surface area contributed by atoms with Crippen molar-refractivity contribution >= 4 is 11.3 Å². The van der Waals surface area contributed by atoms with E-state index >= 15 is 0 Å². The summed E-state index contributed by atoms with van der Waals surface area (Å²) in [4.78, 5) is 0. The van der Waals surface area contributed by atoms with Crippen molar-refractivity contribution in [1.29, 1.82) is 0 Å². The number of anilines is 1. The quantitative estimate of drug-likeness (QED) is 0.549. The summed E-state index contributed by atoms with van der Waals surface area (Å²) in [6.45, 7) is 12.0. The molecular formula is C27H35N. The number of nitrogen functional groups attached to an aromatic ring is 1. The Morgan fingerprint density at radius 2 is 1.36 bits per heavy atom. The summed E-state index contributed by atoms with van der Waals surface area (Å²) >= 11 is 0. The Labute approximate surface area is 171 Å². The number of fused-ring (bicyclic) bond motifs is 1. The minimum atomic E-state index is 0.236. The average Bonchev–Trinajstić information content (AvgIpc) is 3.16. The van der Waals surface area contributed by atoms with Gasteiger partial charge in [-0.3, -0.25) is 0 Å². The summed E-state index contributed by atoms with van der Waals surface area (Å²) in [7, 11) is 0. The topological polar surface area (TPSA) is 26.0 Å². The number of hydrogen-bond acceptors (Lipinski definition) is 1. The van der Waals surface area contributed by atoms with E-state index in [2.05, 4.69) is 58.9 Å². The van der Waals surface area contributed by atoms with Gasteiger partial charge in [-0.15, -0.1) is 0 Å². The number of rotatable bonds is 2. The molecule has 1 nitrogen and oxygen atoms in total. The molecule has 2 N–H and O–H groups in total. The zero-order valence-electron chi connectivity index (χ0n) is 18.3. The van der Waals surface area contributed by atoms with Crippen molar-refractivity contribution in [1.82, 2.24) is 0 Å². The Morgan fingerprint density at radius 1 is 0.821 bits per heavy atom. The summed E-state index contributed by atoms with van der Waals surface area (Å²) < 4.78 is 0. The lowest BCUT2D eigenvalue weighted by atomic mass is 9.62. The Kier molecular flexibility index (Phi) is 4.68. The van der Waals surface area contributed by atoms with Gasteiger partial charge in [-0.1, -0.05) is 57.5 Å². The van der Waals surface area contributed by atoms with Crippen molar-refractivity contribution in [2.24, 2.45) is 0 Å². The first kappa shape index (κ1) is 19.3. The van der Waals surface area contributed by atoms with Gasteiger partial charge in [0.2, 0.25) is 0 Å². The lowest BCUT2D eigenvalue weighted by molar-refractivity contribution is 0.331. The highest BCUT2D eigenvalue weighted by Gasteiger charge is 2.37. The highest BCUT2D eigenvalue weighted by Crippen LogP contribution is 2.48. The van der Waals surface area contributed by atoms with Crippen LogP contribution in [0.25, 0.3) is 5.57 Å². The van der Waals surface area contributed by atoms with E-state index in [1.165, 1.54) is 60.8 Å². The fourth-order valence-electron chi connectivity index (χ4n) is 5.24. The Morgan fingerprint density at radius 3 is 1.93 bits per heavy atom. The van der Waals surface area contributed by atoms with E-state index in [-0.39, 0.29) is 10.8 Å². The van der Waals surface area contributed by atoms with Gasteiger partial charge in [-0.25, -0.2) is 0 Å². The van der Waals surface area contributed by atoms with Crippen LogP contribution in [-0.4, -0.2) is 0 Å². The molecule has 0 aliphatic heterocycles. The zero-order valence-corrected chi connectivity index (χ0v) is 18.3. The summed E-state index contributed by atoms with van der Waals surface area (Å²) in [5.74, 6) is 0. The van der Waals surface area contributed by atoms with E-state index in [4.69, 9.17) is 5.73 Å². The van der Waals surface area contributed by atoms with E-state index < -0.39 is 0 Å². The second-order valence-corrected chi connectivity index (χ2v) is 10.3. The number of benzene rings is 2. The van der Waals surface area contributed by atoms with E-state index in [0.29, 0.717) is 0 Å². The fourth-order valence-corrected chi connectivity index (χ4v) is 5.24. The Hall–Kier alpha value is -2.02. The number of aryl methyl sites for hydroxylation is 1. The zero-order chi connectivity index (χ0) is 20.1. The molecule has 0 saturated heterocycles. The van der Waals surface area contributed by atoms with Crippen LogP contribution in [0.1, 0.15) is 94.0 Å². The SMILES string of the molecule is Cc1cc2c(cc1C(=C1CCCC1)c1ccc(N)cc1)C(C)(C)CCC2(C)C. The van der Waals surface area contributed by atoms with Gasteiger partial charge < -0.3 is 5.73 Å². The van der Waals surface area contributed by atoms with E-state index in [1.807, 2.05) is 12.1 Å². The first-order chi connectivity index (χ1) is 13.2. The monoisotopic (exact) mass is 373 g/mol. The van der Waals surface area contributed by atoms with Crippen LogP contribution in [-0.2, 0) is 10.8 Å². The molecule has 2 aliphatic rings. The molecule has 1 saturated carbocycles.